The van der Waals surface area contributed by atoms with Gasteiger partial charge >= 0.3 is 0 Å². The minimum absolute atomic E-state index is 0.0184. The number of nitrogens with two attached hydrogens (primary N) is 1. The molecule has 214 valence electrons. The number of hydrogen-bond donors (Lipinski definition) is 2. The third kappa shape index (κ3) is 4.46. The van der Waals surface area contributed by atoms with Crippen molar-refractivity contribution in [1.29, 1.82) is 0 Å². The molecule has 6 heterocycles. The molecule has 13 heteroatoms. The fraction of sp³-hybridized carbons (Fsp3) is 0.500. The highest BCUT2D eigenvalue weighted by atomic mass is 32.2. The summed E-state index contributed by atoms with van der Waals surface area (Å²) in [6.07, 6.45) is 15.0. The van der Waals surface area contributed by atoms with E-state index in [1.165, 1.54) is 42.9 Å². The lowest BCUT2D eigenvalue weighted by molar-refractivity contribution is 0.0556. The topological polar surface area (TPSA) is 165 Å². The molecule has 3 aliphatic rings. The van der Waals surface area contributed by atoms with Crippen LogP contribution in [0.4, 0.5) is 5.82 Å². The number of anilines is 1. The largest absolute Gasteiger partial charge is 0.382 e. The van der Waals surface area contributed by atoms with E-state index in [0.29, 0.717) is 30.1 Å². The summed E-state index contributed by atoms with van der Waals surface area (Å²) in [6.45, 7) is 0. The van der Waals surface area contributed by atoms with E-state index in [2.05, 4.69) is 26.3 Å². The van der Waals surface area contributed by atoms with Gasteiger partial charge in [0.05, 0.1) is 11.9 Å². The van der Waals surface area contributed by atoms with Crippen LogP contribution in [0.1, 0.15) is 91.6 Å². The number of sulfone groups is 1. The Morgan fingerprint density at radius 2 is 1.78 bits per heavy atom. The molecule has 1 aliphatic carbocycles. The summed E-state index contributed by atoms with van der Waals surface area (Å²) in [5.41, 5.74) is 10.2. The molecule has 0 aromatic carbocycles. The predicted molar refractivity (Wildman–Crippen MR) is 151 cm³/mol. The SMILES string of the molecule is CS(=O)(=O)c1c([C@H]2C[C@H]3CC[C@@H](C2)N3C(=O)c2nnc[nH]2)nc2c(-c3ccc(C4CCCCC4)nc3)cnn2c1N. The number of nitrogens with one attached hydrogen (secondary N) is 1. The number of aromatic nitrogens is 7. The zero-order valence-electron chi connectivity index (χ0n) is 22.9. The van der Waals surface area contributed by atoms with Crippen molar-refractivity contribution in [1.82, 2.24) is 39.7 Å². The van der Waals surface area contributed by atoms with Crippen LogP contribution in [-0.2, 0) is 9.84 Å². The molecule has 12 nitrogen and oxygen atoms in total. The number of rotatable bonds is 5. The number of nitrogen functional groups attached to an aromatic ring is 1. The van der Waals surface area contributed by atoms with Gasteiger partial charge < -0.3 is 15.6 Å². The summed E-state index contributed by atoms with van der Waals surface area (Å²) in [4.78, 5) is 27.6. The van der Waals surface area contributed by atoms with Gasteiger partial charge in [-0.1, -0.05) is 25.3 Å². The van der Waals surface area contributed by atoms with E-state index in [9.17, 15) is 13.2 Å². The second-order valence-electron chi connectivity index (χ2n) is 11.7. The third-order valence-corrected chi connectivity index (χ3v) is 10.3. The molecular weight excluding hydrogens is 542 g/mol. The number of pyridine rings is 1. The Kier molecular flexibility index (Phi) is 6.29. The summed E-state index contributed by atoms with van der Waals surface area (Å²) in [7, 11) is -3.72. The first-order chi connectivity index (χ1) is 19.8. The van der Waals surface area contributed by atoms with Crippen LogP contribution in [0.15, 0.2) is 35.7 Å². The maximum atomic E-state index is 13.2. The van der Waals surface area contributed by atoms with E-state index in [0.717, 1.165) is 35.9 Å². The van der Waals surface area contributed by atoms with Gasteiger partial charge in [-0.15, -0.1) is 10.2 Å². The summed E-state index contributed by atoms with van der Waals surface area (Å²) >= 11 is 0. The van der Waals surface area contributed by atoms with Crippen LogP contribution in [0, 0.1) is 0 Å². The van der Waals surface area contributed by atoms with Crippen LogP contribution in [0.5, 0.6) is 0 Å². The third-order valence-electron chi connectivity index (χ3n) is 9.13. The van der Waals surface area contributed by atoms with Crippen LogP contribution in [0.25, 0.3) is 16.8 Å². The van der Waals surface area contributed by atoms with Gasteiger partial charge in [-0.25, -0.2) is 13.4 Å². The molecule has 3 N–H and O–H groups in total. The molecular formula is C28H33N9O3S. The van der Waals surface area contributed by atoms with Crippen molar-refractivity contribution in [2.45, 2.75) is 86.6 Å². The zero-order valence-corrected chi connectivity index (χ0v) is 23.7. The molecule has 0 spiro atoms. The van der Waals surface area contributed by atoms with Crippen molar-refractivity contribution < 1.29 is 13.2 Å². The van der Waals surface area contributed by atoms with Gasteiger partial charge in [0.1, 0.15) is 17.0 Å². The van der Waals surface area contributed by atoms with E-state index in [1.807, 2.05) is 17.2 Å². The van der Waals surface area contributed by atoms with Gasteiger partial charge in [0, 0.05) is 53.2 Å². The number of H-pyrrole nitrogens is 1. The van der Waals surface area contributed by atoms with Gasteiger partial charge in [-0.3, -0.25) is 9.78 Å². The number of nitrogens with zero attached hydrogens (tertiary/aromatic N) is 7. The van der Waals surface area contributed by atoms with Crippen LogP contribution in [0.2, 0.25) is 0 Å². The Balaban J connectivity index is 1.26. The Labute approximate surface area is 237 Å². The Bertz CT molecular complexity index is 1700. The lowest BCUT2D eigenvalue weighted by Gasteiger charge is -2.38. The van der Waals surface area contributed by atoms with E-state index in [-0.39, 0.29) is 40.4 Å². The van der Waals surface area contributed by atoms with E-state index >= 15 is 0 Å². The van der Waals surface area contributed by atoms with Gasteiger partial charge in [0.2, 0.25) is 5.82 Å². The molecule has 2 saturated heterocycles. The van der Waals surface area contributed by atoms with Gasteiger partial charge in [-0.05, 0) is 44.6 Å². The quantitative estimate of drug-likeness (QED) is 0.362. The maximum Gasteiger partial charge on any atom is 0.292 e. The second-order valence-corrected chi connectivity index (χ2v) is 13.6. The molecule has 7 rings (SSSR count). The number of carbonyl (C=O) groups excluding carboxylic acids is 1. The summed E-state index contributed by atoms with van der Waals surface area (Å²) in [5, 5.41) is 12.1. The van der Waals surface area contributed by atoms with Crippen LogP contribution in [0.3, 0.4) is 0 Å². The minimum Gasteiger partial charge on any atom is -0.382 e. The normalized spacial score (nSPS) is 23.3. The highest BCUT2D eigenvalue weighted by Crippen LogP contribution is 2.45. The predicted octanol–water partition coefficient (Wildman–Crippen LogP) is 3.49. The van der Waals surface area contributed by atoms with Crippen LogP contribution in [-0.4, -0.2) is 72.3 Å². The van der Waals surface area contributed by atoms with Crippen molar-refractivity contribution in [3.63, 3.8) is 0 Å². The molecule has 3 fully saturated rings. The number of hydrogen-bond acceptors (Lipinski definition) is 9. The number of amides is 1. The molecule has 2 bridgehead atoms. The summed E-state index contributed by atoms with van der Waals surface area (Å²) in [6, 6.07) is 4.03. The average Bonchev–Trinajstić information content (AvgIpc) is 3.71. The van der Waals surface area contributed by atoms with Crippen molar-refractivity contribution in [2.24, 2.45) is 0 Å². The fourth-order valence-electron chi connectivity index (χ4n) is 7.25. The lowest BCUT2D eigenvalue weighted by atomic mass is 9.86. The Morgan fingerprint density at radius 3 is 2.41 bits per heavy atom. The van der Waals surface area contributed by atoms with Crippen molar-refractivity contribution in [3.8, 4) is 11.1 Å². The fourth-order valence-corrected chi connectivity index (χ4v) is 8.31. The first-order valence-corrected chi connectivity index (χ1v) is 16.2. The van der Waals surface area contributed by atoms with E-state index in [4.69, 9.17) is 15.7 Å². The summed E-state index contributed by atoms with van der Waals surface area (Å²) in [5.74, 6) is 0.405. The molecule has 0 unspecified atom stereocenters. The number of piperidine rings is 1. The molecule has 2 aliphatic heterocycles. The molecule has 4 aromatic heterocycles. The van der Waals surface area contributed by atoms with Crippen molar-refractivity contribution in [2.75, 3.05) is 12.0 Å². The summed E-state index contributed by atoms with van der Waals surface area (Å²) < 4.78 is 27.6. The number of aromatic amines is 1. The molecule has 1 amide bonds. The van der Waals surface area contributed by atoms with E-state index in [1.54, 1.807) is 6.20 Å². The number of carbonyl (C=O) groups is 1. The maximum absolute atomic E-state index is 13.2. The van der Waals surface area contributed by atoms with Crippen molar-refractivity contribution >= 4 is 27.2 Å². The first-order valence-electron chi connectivity index (χ1n) is 14.3. The Hall–Kier alpha value is -3.87. The standard InChI is InChI=1S/C28H33N9O3S/c1-41(39,40)24-23(18-11-19-8-9-20(12-18)36(19)28(38)26-31-15-32-35-26)34-27-21(14-33-37(27)25(24)29)17-7-10-22(30-13-17)16-5-3-2-4-6-16/h7,10,13-16,18-20H,2-6,8-9,11-12,29H2,1H3,(H,31,32,35)/t18-,19+,20-. The highest BCUT2D eigenvalue weighted by molar-refractivity contribution is 7.91. The van der Waals surface area contributed by atoms with Gasteiger partial charge in [-0.2, -0.15) is 9.61 Å². The van der Waals surface area contributed by atoms with Gasteiger partial charge in [0.15, 0.2) is 15.5 Å². The zero-order chi connectivity index (χ0) is 28.3. The second kappa shape index (κ2) is 9.89. The first kappa shape index (κ1) is 26.1. The van der Waals surface area contributed by atoms with Crippen molar-refractivity contribution in [3.05, 3.63) is 48.1 Å². The monoisotopic (exact) mass is 575 g/mol. The van der Waals surface area contributed by atoms with E-state index < -0.39 is 9.84 Å². The van der Waals surface area contributed by atoms with Crippen LogP contribution >= 0.6 is 0 Å². The Morgan fingerprint density at radius 1 is 1.02 bits per heavy atom. The molecule has 4 aromatic rings. The number of fused-ring (bicyclic) bond motifs is 3. The average molecular weight is 576 g/mol. The smallest absolute Gasteiger partial charge is 0.292 e. The molecule has 1 saturated carbocycles. The highest BCUT2D eigenvalue weighted by Gasteiger charge is 2.46. The molecule has 41 heavy (non-hydrogen) atoms. The van der Waals surface area contributed by atoms with Gasteiger partial charge in [0.25, 0.3) is 5.91 Å². The molecule has 3 atom stereocenters. The minimum atomic E-state index is -3.72. The molecule has 0 radical (unpaired) electrons. The lowest BCUT2D eigenvalue weighted by Crippen LogP contribution is -2.46. The van der Waals surface area contributed by atoms with Crippen LogP contribution < -0.4 is 5.73 Å².